The maximum atomic E-state index is 11.1. The van der Waals surface area contributed by atoms with Crippen molar-refractivity contribution in [2.45, 2.75) is 19.5 Å². The van der Waals surface area contributed by atoms with E-state index in [4.69, 9.17) is 21.4 Å². The van der Waals surface area contributed by atoms with Crippen LogP contribution in [0, 0.1) is 0 Å². The number of nitrogens with one attached hydrogen (secondary N) is 1. The van der Waals surface area contributed by atoms with E-state index in [1.165, 1.54) is 6.20 Å². The van der Waals surface area contributed by atoms with Gasteiger partial charge in [0.05, 0.1) is 30.4 Å². The van der Waals surface area contributed by atoms with Gasteiger partial charge in [0.25, 0.3) is 0 Å². The van der Waals surface area contributed by atoms with E-state index in [1.807, 2.05) is 25.1 Å². The number of halogens is 1. The minimum absolute atomic E-state index is 0.0556. The first-order chi connectivity index (χ1) is 10.1. The SMILES string of the molecule is CCOc1ccc(C2Cn3ncc(C(=O)O)c3N2)cc1Cl. The summed E-state index contributed by atoms with van der Waals surface area (Å²) in [5.41, 5.74) is 1.14. The summed E-state index contributed by atoms with van der Waals surface area (Å²) in [4.78, 5) is 11.1. The predicted molar refractivity (Wildman–Crippen MR) is 78.2 cm³/mol. The first-order valence-electron chi connectivity index (χ1n) is 6.58. The molecular formula is C14H14ClN3O3. The summed E-state index contributed by atoms with van der Waals surface area (Å²) < 4.78 is 7.06. The molecule has 110 valence electrons. The lowest BCUT2D eigenvalue weighted by molar-refractivity contribution is 0.0698. The Morgan fingerprint density at radius 1 is 1.62 bits per heavy atom. The number of ether oxygens (including phenoxy) is 1. The number of carbonyl (C=O) groups is 1. The van der Waals surface area contributed by atoms with Gasteiger partial charge in [-0.2, -0.15) is 5.10 Å². The Kier molecular flexibility index (Phi) is 3.47. The van der Waals surface area contributed by atoms with E-state index in [2.05, 4.69) is 10.4 Å². The minimum atomic E-state index is -0.992. The number of aromatic nitrogens is 2. The molecule has 2 aromatic rings. The summed E-state index contributed by atoms with van der Waals surface area (Å²) in [5, 5.41) is 16.9. The molecular weight excluding hydrogens is 294 g/mol. The molecule has 2 heterocycles. The highest BCUT2D eigenvalue weighted by Gasteiger charge is 2.28. The maximum absolute atomic E-state index is 11.1. The van der Waals surface area contributed by atoms with Crippen LogP contribution in [0.5, 0.6) is 5.75 Å². The summed E-state index contributed by atoms with van der Waals surface area (Å²) in [6.07, 6.45) is 1.35. The molecule has 0 spiro atoms. The number of carboxylic acids is 1. The second-order valence-corrected chi connectivity index (χ2v) is 5.12. The fraction of sp³-hybridized carbons (Fsp3) is 0.286. The Balaban J connectivity index is 1.84. The molecule has 1 aromatic heterocycles. The number of hydrogen-bond acceptors (Lipinski definition) is 4. The topological polar surface area (TPSA) is 76.4 Å². The van der Waals surface area contributed by atoms with Crippen molar-refractivity contribution in [3.05, 3.63) is 40.5 Å². The number of nitrogens with zero attached hydrogens (tertiary/aromatic N) is 2. The zero-order chi connectivity index (χ0) is 15.0. The van der Waals surface area contributed by atoms with Crippen molar-refractivity contribution < 1.29 is 14.6 Å². The highest BCUT2D eigenvalue weighted by Crippen LogP contribution is 2.34. The van der Waals surface area contributed by atoms with Gasteiger partial charge in [-0.1, -0.05) is 17.7 Å². The van der Waals surface area contributed by atoms with Gasteiger partial charge in [-0.25, -0.2) is 9.48 Å². The highest BCUT2D eigenvalue weighted by molar-refractivity contribution is 6.32. The second kappa shape index (κ2) is 5.29. The fourth-order valence-electron chi connectivity index (χ4n) is 2.41. The Morgan fingerprint density at radius 3 is 3.10 bits per heavy atom. The van der Waals surface area contributed by atoms with Crippen LogP contribution in [0.3, 0.4) is 0 Å². The molecule has 7 heteroatoms. The lowest BCUT2D eigenvalue weighted by atomic mass is 10.1. The predicted octanol–water partition coefficient (Wildman–Crippen LogP) is 2.80. The smallest absolute Gasteiger partial charge is 0.341 e. The normalized spacial score (nSPS) is 16.4. The third kappa shape index (κ3) is 2.42. The van der Waals surface area contributed by atoms with Crippen LogP contribution in [-0.2, 0) is 6.54 Å². The molecule has 1 aromatic carbocycles. The number of hydrogen-bond donors (Lipinski definition) is 2. The van der Waals surface area contributed by atoms with Crippen LogP contribution in [0.4, 0.5) is 5.82 Å². The molecule has 2 N–H and O–H groups in total. The molecule has 1 aliphatic rings. The lowest BCUT2D eigenvalue weighted by Crippen LogP contribution is -2.09. The molecule has 6 nitrogen and oxygen atoms in total. The van der Waals surface area contributed by atoms with Crippen molar-refractivity contribution in [1.29, 1.82) is 0 Å². The van der Waals surface area contributed by atoms with E-state index in [1.54, 1.807) is 4.68 Å². The summed E-state index contributed by atoms with van der Waals surface area (Å²) in [7, 11) is 0. The van der Waals surface area contributed by atoms with Crippen molar-refractivity contribution >= 4 is 23.4 Å². The standard InChI is InChI=1S/C14H14ClN3O3/c1-2-21-12-4-3-8(5-10(12)15)11-7-18-13(17-11)9(6-16-18)14(19)20/h3-6,11,17H,2,7H2,1H3,(H,19,20). The van der Waals surface area contributed by atoms with Crippen molar-refractivity contribution in [1.82, 2.24) is 9.78 Å². The average Bonchev–Trinajstić information content (AvgIpc) is 3.00. The van der Waals surface area contributed by atoms with Crippen LogP contribution >= 0.6 is 11.6 Å². The van der Waals surface area contributed by atoms with E-state index < -0.39 is 5.97 Å². The van der Waals surface area contributed by atoms with Crippen molar-refractivity contribution in [2.75, 3.05) is 11.9 Å². The third-order valence-corrected chi connectivity index (χ3v) is 3.69. The van der Waals surface area contributed by atoms with Crippen molar-refractivity contribution in [3.8, 4) is 5.75 Å². The van der Waals surface area contributed by atoms with E-state index in [0.717, 1.165) is 5.56 Å². The molecule has 0 amide bonds. The van der Waals surface area contributed by atoms with Crippen LogP contribution in [0.25, 0.3) is 0 Å². The summed E-state index contributed by atoms with van der Waals surface area (Å²) in [6.45, 7) is 3.01. The monoisotopic (exact) mass is 307 g/mol. The van der Waals surface area contributed by atoms with E-state index in [9.17, 15) is 4.79 Å². The van der Waals surface area contributed by atoms with E-state index in [-0.39, 0.29) is 11.6 Å². The van der Waals surface area contributed by atoms with E-state index >= 15 is 0 Å². The van der Waals surface area contributed by atoms with Gasteiger partial charge in [0, 0.05) is 0 Å². The third-order valence-electron chi connectivity index (χ3n) is 3.39. The van der Waals surface area contributed by atoms with Gasteiger partial charge in [0.15, 0.2) is 0 Å². The van der Waals surface area contributed by atoms with Crippen molar-refractivity contribution in [3.63, 3.8) is 0 Å². The number of rotatable bonds is 4. The molecule has 0 aliphatic carbocycles. The van der Waals surface area contributed by atoms with Gasteiger partial charge >= 0.3 is 5.97 Å². The molecule has 0 radical (unpaired) electrons. The number of aromatic carboxylic acids is 1. The van der Waals surface area contributed by atoms with Crippen LogP contribution in [-0.4, -0.2) is 27.5 Å². The molecule has 1 unspecified atom stereocenters. The van der Waals surface area contributed by atoms with Gasteiger partial charge in [-0.15, -0.1) is 0 Å². The van der Waals surface area contributed by atoms with Gasteiger partial charge in [-0.05, 0) is 24.6 Å². The van der Waals surface area contributed by atoms with Crippen LogP contribution in [0.15, 0.2) is 24.4 Å². The van der Waals surface area contributed by atoms with Crippen LogP contribution < -0.4 is 10.1 Å². The summed E-state index contributed by atoms with van der Waals surface area (Å²) in [5.74, 6) is 0.177. The lowest BCUT2D eigenvalue weighted by Gasteiger charge is -2.13. The minimum Gasteiger partial charge on any atom is -0.492 e. The fourth-order valence-corrected chi connectivity index (χ4v) is 2.65. The molecule has 21 heavy (non-hydrogen) atoms. The number of anilines is 1. The molecule has 3 rings (SSSR count). The Labute approximate surface area is 126 Å². The molecule has 1 aliphatic heterocycles. The first kappa shape index (κ1) is 13.8. The Morgan fingerprint density at radius 2 is 2.43 bits per heavy atom. The zero-order valence-corrected chi connectivity index (χ0v) is 12.1. The molecule has 0 bridgehead atoms. The second-order valence-electron chi connectivity index (χ2n) is 4.71. The van der Waals surface area contributed by atoms with Gasteiger partial charge in [-0.3, -0.25) is 0 Å². The van der Waals surface area contributed by atoms with Gasteiger partial charge < -0.3 is 15.2 Å². The Hall–Kier alpha value is -2.21. The largest absolute Gasteiger partial charge is 0.492 e. The first-order valence-corrected chi connectivity index (χ1v) is 6.95. The van der Waals surface area contributed by atoms with Crippen molar-refractivity contribution in [2.24, 2.45) is 0 Å². The zero-order valence-electron chi connectivity index (χ0n) is 11.3. The van der Waals surface area contributed by atoms with Gasteiger partial charge in [0.2, 0.25) is 0 Å². The molecule has 0 saturated heterocycles. The summed E-state index contributed by atoms with van der Waals surface area (Å²) in [6, 6.07) is 5.51. The molecule has 1 atom stereocenters. The van der Waals surface area contributed by atoms with Crippen LogP contribution in [0.2, 0.25) is 5.02 Å². The molecule has 0 saturated carbocycles. The number of carboxylic acid groups (broad SMARTS) is 1. The summed E-state index contributed by atoms with van der Waals surface area (Å²) >= 11 is 6.18. The quantitative estimate of drug-likeness (QED) is 0.908. The Bertz CT molecular complexity index is 699. The number of fused-ring (bicyclic) bond motifs is 1. The van der Waals surface area contributed by atoms with Crippen LogP contribution in [0.1, 0.15) is 28.9 Å². The van der Waals surface area contributed by atoms with E-state index in [0.29, 0.717) is 29.7 Å². The maximum Gasteiger partial charge on any atom is 0.341 e. The average molecular weight is 308 g/mol. The highest BCUT2D eigenvalue weighted by atomic mass is 35.5. The number of benzene rings is 1. The molecule has 0 fully saturated rings. The van der Waals surface area contributed by atoms with Gasteiger partial charge in [0.1, 0.15) is 17.1 Å².